The largest absolute Gasteiger partial charge is 0.339 e. The summed E-state index contributed by atoms with van der Waals surface area (Å²) in [6.45, 7) is 9.85. The summed E-state index contributed by atoms with van der Waals surface area (Å²) in [6, 6.07) is 0.555. The minimum absolute atomic E-state index is 0.232. The van der Waals surface area contributed by atoms with E-state index < -0.39 is 0 Å². The smallest absolute Gasteiger partial charge is 0.228 e. The molecule has 2 rings (SSSR count). The molecule has 0 aliphatic carbocycles. The summed E-state index contributed by atoms with van der Waals surface area (Å²) in [5, 5.41) is 3.84. The molecular formula is C12H21N3O. The van der Waals surface area contributed by atoms with E-state index >= 15 is 0 Å². The monoisotopic (exact) mass is 223 g/mol. The molecule has 1 aliphatic rings. The maximum Gasteiger partial charge on any atom is 0.228 e. The fourth-order valence-corrected chi connectivity index (χ4v) is 2.56. The van der Waals surface area contributed by atoms with Crippen molar-refractivity contribution in [2.75, 3.05) is 6.54 Å². The molecule has 1 aromatic heterocycles. The Morgan fingerprint density at radius 2 is 2.19 bits per heavy atom. The van der Waals surface area contributed by atoms with Crippen molar-refractivity contribution in [3.05, 3.63) is 11.7 Å². The first-order valence-electron chi connectivity index (χ1n) is 6.03. The van der Waals surface area contributed by atoms with Gasteiger partial charge in [0.2, 0.25) is 5.89 Å². The van der Waals surface area contributed by atoms with Gasteiger partial charge in [-0.1, -0.05) is 5.16 Å². The second-order valence-corrected chi connectivity index (χ2v) is 5.60. The van der Waals surface area contributed by atoms with E-state index in [1.165, 1.54) is 19.4 Å². The van der Waals surface area contributed by atoms with Crippen LogP contribution >= 0.6 is 0 Å². The fraction of sp³-hybridized carbons (Fsp3) is 0.833. The molecule has 0 N–H and O–H groups in total. The van der Waals surface area contributed by atoms with Gasteiger partial charge < -0.3 is 4.52 Å². The summed E-state index contributed by atoms with van der Waals surface area (Å²) >= 11 is 0. The van der Waals surface area contributed by atoms with Crippen molar-refractivity contribution in [1.82, 2.24) is 15.0 Å². The zero-order valence-electron chi connectivity index (χ0n) is 10.7. The number of aryl methyl sites for hydroxylation is 1. The van der Waals surface area contributed by atoms with E-state index in [0.717, 1.165) is 18.1 Å². The Bertz CT molecular complexity index is 353. The second-order valence-electron chi connectivity index (χ2n) is 5.60. The molecule has 0 spiro atoms. The zero-order chi connectivity index (χ0) is 11.8. The standard InChI is InChI=1S/C12H21N3O/c1-9-13-11(16-14-9)8-10-6-5-7-15(10)12(2,3)4/h10H,5-8H2,1-4H3/t10-/m0/s1. The molecule has 1 aliphatic heterocycles. The highest BCUT2D eigenvalue weighted by Crippen LogP contribution is 2.28. The van der Waals surface area contributed by atoms with Crippen LogP contribution < -0.4 is 0 Å². The summed E-state index contributed by atoms with van der Waals surface area (Å²) in [5.41, 5.74) is 0.232. The average Bonchev–Trinajstić information content (AvgIpc) is 2.74. The number of hydrogen-bond acceptors (Lipinski definition) is 4. The molecule has 0 bridgehead atoms. The van der Waals surface area contributed by atoms with Gasteiger partial charge in [-0.2, -0.15) is 4.98 Å². The van der Waals surface area contributed by atoms with E-state index in [4.69, 9.17) is 4.52 Å². The first-order valence-corrected chi connectivity index (χ1v) is 6.03. The predicted molar refractivity (Wildman–Crippen MR) is 62.2 cm³/mol. The third kappa shape index (κ3) is 2.43. The van der Waals surface area contributed by atoms with Crippen molar-refractivity contribution in [2.24, 2.45) is 0 Å². The minimum atomic E-state index is 0.232. The maximum absolute atomic E-state index is 5.20. The molecule has 0 saturated carbocycles. The number of aromatic nitrogens is 2. The van der Waals surface area contributed by atoms with Gasteiger partial charge in [0.25, 0.3) is 0 Å². The first-order chi connectivity index (χ1) is 7.47. The van der Waals surface area contributed by atoms with Crippen LogP contribution in [0.3, 0.4) is 0 Å². The van der Waals surface area contributed by atoms with Crippen LogP contribution in [0.1, 0.15) is 45.3 Å². The number of nitrogens with zero attached hydrogens (tertiary/aromatic N) is 3. The van der Waals surface area contributed by atoms with E-state index in [-0.39, 0.29) is 5.54 Å². The molecule has 1 fully saturated rings. The molecule has 0 amide bonds. The summed E-state index contributed by atoms with van der Waals surface area (Å²) in [6.07, 6.45) is 3.39. The lowest BCUT2D eigenvalue weighted by molar-refractivity contribution is 0.116. The molecule has 1 aromatic rings. The lowest BCUT2D eigenvalue weighted by Crippen LogP contribution is -2.45. The van der Waals surface area contributed by atoms with Gasteiger partial charge in [0.1, 0.15) is 0 Å². The summed E-state index contributed by atoms with van der Waals surface area (Å²) in [4.78, 5) is 6.83. The van der Waals surface area contributed by atoms with Gasteiger partial charge in [-0.05, 0) is 47.1 Å². The van der Waals surface area contributed by atoms with Crippen molar-refractivity contribution in [3.8, 4) is 0 Å². The van der Waals surface area contributed by atoms with Crippen molar-refractivity contribution >= 4 is 0 Å². The predicted octanol–water partition coefficient (Wildman–Crippen LogP) is 2.18. The number of likely N-dealkylation sites (tertiary alicyclic amines) is 1. The van der Waals surface area contributed by atoms with Crippen LogP contribution in [-0.2, 0) is 6.42 Å². The second kappa shape index (κ2) is 4.17. The minimum Gasteiger partial charge on any atom is -0.339 e. The number of hydrogen-bond donors (Lipinski definition) is 0. The highest BCUT2D eigenvalue weighted by molar-refractivity contribution is 4.94. The molecule has 1 saturated heterocycles. The van der Waals surface area contributed by atoms with Crippen molar-refractivity contribution in [1.29, 1.82) is 0 Å². The molecular weight excluding hydrogens is 202 g/mol. The summed E-state index contributed by atoms with van der Waals surface area (Å²) in [5.74, 6) is 1.51. The lowest BCUT2D eigenvalue weighted by Gasteiger charge is -2.36. The highest BCUT2D eigenvalue weighted by atomic mass is 16.5. The van der Waals surface area contributed by atoms with Crippen LogP contribution in [0.5, 0.6) is 0 Å². The maximum atomic E-state index is 5.20. The van der Waals surface area contributed by atoms with Gasteiger partial charge >= 0.3 is 0 Å². The van der Waals surface area contributed by atoms with E-state index in [1.807, 2.05) is 6.92 Å². The van der Waals surface area contributed by atoms with Crippen molar-refractivity contribution in [3.63, 3.8) is 0 Å². The molecule has 0 radical (unpaired) electrons. The first kappa shape index (κ1) is 11.6. The van der Waals surface area contributed by atoms with Crippen molar-refractivity contribution in [2.45, 2.75) is 58.5 Å². The Labute approximate surface area is 97.0 Å². The van der Waals surface area contributed by atoms with Gasteiger partial charge in [0.05, 0.1) is 0 Å². The molecule has 90 valence electrons. The van der Waals surface area contributed by atoms with Crippen LogP contribution in [0.25, 0.3) is 0 Å². The van der Waals surface area contributed by atoms with Crippen LogP contribution in [0.15, 0.2) is 4.52 Å². The Morgan fingerprint density at radius 1 is 1.44 bits per heavy atom. The third-order valence-electron chi connectivity index (χ3n) is 3.22. The van der Waals surface area contributed by atoms with Crippen LogP contribution in [-0.4, -0.2) is 33.2 Å². The Morgan fingerprint density at radius 3 is 2.75 bits per heavy atom. The van der Waals surface area contributed by atoms with Gasteiger partial charge in [0.15, 0.2) is 5.82 Å². The Kier molecular flexibility index (Phi) is 3.02. The quantitative estimate of drug-likeness (QED) is 0.770. The van der Waals surface area contributed by atoms with E-state index in [0.29, 0.717) is 6.04 Å². The molecule has 1 atom stereocenters. The average molecular weight is 223 g/mol. The van der Waals surface area contributed by atoms with Crippen molar-refractivity contribution < 1.29 is 4.52 Å². The third-order valence-corrected chi connectivity index (χ3v) is 3.22. The summed E-state index contributed by atoms with van der Waals surface area (Å²) in [7, 11) is 0. The van der Waals surface area contributed by atoms with Crippen LogP contribution in [0.2, 0.25) is 0 Å². The summed E-state index contributed by atoms with van der Waals surface area (Å²) < 4.78 is 5.20. The molecule has 2 heterocycles. The van der Waals surface area contributed by atoms with Gasteiger partial charge in [-0.25, -0.2) is 0 Å². The molecule has 16 heavy (non-hydrogen) atoms. The molecule has 0 aromatic carbocycles. The van der Waals surface area contributed by atoms with Gasteiger partial charge in [-0.3, -0.25) is 4.90 Å². The number of rotatable bonds is 2. The normalized spacial score (nSPS) is 22.9. The molecule has 4 nitrogen and oxygen atoms in total. The van der Waals surface area contributed by atoms with E-state index in [1.54, 1.807) is 0 Å². The topological polar surface area (TPSA) is 42.2 Å². The molecule has 0 unspecified atom stereocenters. The highest BCUT2D eigenvalue weighted by Gasteiger charge is 2.33. The van der Waals surface area contributed by atoms with Gasteiger partial charge in [-0.15, -0.1) is 0 Å². The van der Waals surface area contributed by atoms with Crippen LogP contribution in [0.4, 0.5) is 0 Å². The molecule has 4 heteroatoms. The Balaban J connectivity index is 2.04. The SMILES string of the molecule is Cc1noc(C[C@@H]2CCCN2C(C)(C)C)n1. The van der Waals surface area contributed by atoms with Gasteiger partial charge in [0, 0.05) is 18.0 Å². The van der Waals surface area contributed by atoms with Crippen LogP contribution in [0, 0.1) is 6.92 Å². The Hall–Kier alpha value is -0.900. The zero-order valence-corrected chi connectivity index (χ0v) is 10.7. The van der Waals surface area contributed by atoms with E-state index in [9.17, 15) is 0 Å². The lowest BCUT2D eigenvalue weighted by atomic mass is 10.0. The fourth-order valence-electron chi connectivity index (χ4n) is 2.56. The van der Waals surface area contributed by atoms with E-state index in [2.05, 4.69) is 35.8 Å².